The third-order valence-electron chi connectivity index (χ3n) is 4.94. The van der Waals surface area contributed by atoms with E-state index < -0.39 is 0 Å². The number of anilines is 1. The Labute approximate surface area is 168 Å². The Bertz CT molecular complexity index is 1080. The van der Waals surface area contributed by atoms with E-state index in [2.05, 4.69) is 10.4 Å². The lowest BCUT2D eigenvalue weighted by atomic mass is 10.1. The molecule has 0 aliphatic heterocycles. The van der Waals surface area contributed by atoms with Crippen LogP contribution in [0.5, 0.6) is 0 Å². The largest absolute Gasteiger partial charge is 0.322 e. The van der Waals surface area contributed by atoms with Crippen molar-refractivity contribution in [3.8, 4) is 5.69 Å². The molecule has 4 rings (SSSR count). The van der Waals surface area contributed by atoms with Crippen molar-refractivity contribution in [2.45, 2.75) is 32.6 Å². The van der Waals surface area contributed by atoms with E-state index in [0.29, 0.717) is 27.8 Å². The summed E-state index contributed by atoms with van der Waals surface area (Å²) in [6.07, 6.45) is 3.67. The van der Waals surface area contributed by atoms with Crippen molar-refractivity contribution in [3.63, 3.8) is 0 Å². The smallest absolute Gasteiger partial charge is 0.259 e. The molecule has 1 amide bonds. The van der Waals surface area contributed by atoms with Crippen molar-refractivity contribution in [3.05, 3.63) is 76.1 Å². The number of amides is 1. The molecule has 1 N–H and O–H groups in total. The Balaban J connectivity index is 1.67. The summed E-state index contributed by atoms with van der Waals surface area (Å²) in [6, 6.07) is 12.7. The van der Waals surface area contributed by atoms with Gasteiger partial charge in [-0.3, -0.25) is 9.59 Å². The van der Waals surface area contributed by atoms with Crippen LogP contribution in [0.1, 0.15) is 57.7 Å². The van der Waals surface area contributed by atoms with Gasteiger partial charge in [0, 0.05) is 22.2 Å². The maximum absolute atomic E-state index is 12.9. The monoisotopic (exact) mass is 393 g/mol. The Kier molecular flexibility index (Phi) is 4.77. The third-order valence-corrected chi connectivity index (χ3v) is 5.35. The number of hydrogen-bond donors (Lipinski definition) is 1. The van der Waals surface area contributed by atoms with E-state index in [9.17, 15) is 9.59 Å². The van der Waals surface area contributed by atoms with Gasteiger partial charge in [0.25, 0.3) is 5.91 Å². The van der Waals surface area contributed by atoms with Gasteiger partial charge in [-0.1, -0.05) is 29.8 Å². The lowest BCUT2D eigenvalue weighted by Gasteiger charge is -2.11. The van der Waals surface area contributed by atoms with Gasteiger partial charge >= 0.3 is 0 Å². The van der Waals surface area contributed by atoms with Crippen molar-refractivity contribution >= 4 is 29.0 Å². The maximum Gasteiger partial charge on any atom is 0.259 e. The molecule has 5 nitrogen and oxygen atoms in total. The predicted molar refractivity (Wildman–Crippen MR) is 110 cm³/mol. The Hall–Kier alpha value is -2.92. The van der Waals surface area contributed by atoms with Gasteiger partial charge in [0.15, 0.2) is 5.78 Å². The van der Waals surface area contributed by atoms with Crippen LogP contribution in [-0.4, -0.2) is 21.5 Å². The highest BCUT2D eigenvalue weighted by atomic mass is 35.5. The van der Waals surface area contributed by atoms with E-state index in [-0.39, 0.29) is 11.7 Å². The zero-order valence-electron chi connectivity index (χ0n) is 15.7. The molecule has 142 valence electrons. The first-order valence-corrected chi connectivity index (χ1v) is 9.58. The van der Waals surface area contributed by atoms with Crippen LogP contribution in [0.4, 0.5) is 5.69 Å². The normalized spacial score (nSPS) is 13.4. The molecule has 1 aliphatic rings. The summed E-state index contributed by atoms with van der Waals surface area (Å²) in [7, 11) is 0. The number of aromatic nitrogens is 2. The highest BCUT2D eigenvalue weighted by Crippen LogP contribution is 2.42. The van der Waals surface area contributed by atoms with Crippen LogP contribution in [0.2, 0.25) is 5.02 Å². The Morgan fingerprint density at radius 1 is 1.18 bits per heavy atom. The average molecular weight is 394 g/mol. The van der Waals surface area contributed by atoms with Gasteiger partial charge in [-0.2, -0.15) is 5.10 Å². The molecule has 1 saturated carbocycles. The van der Waals surface area contributed by atoms with Crippen LogP contribution >= 0.6 is 11.6 Å². The molecule has 0 bridgehead atoms. The number of rotatable bonds is 5. The van der Waals surface area contributed by atoms with Gasteiger partial charge in [0.05, 0.1) is 23.1 Å². The lowest BCUT2D eigenvalue weighted by molar-refractivity contribution is 0.101. The Morgan fingerprint density at radius 2 is 1.96 bits per heavy atom. The minimum Gasteiger partial charge on any atom is -0.322 e. The molecule has 1 aromatic heterocycles. The molecule has 1 heterocycles. The first-order chi connectivity index (χ1) is 13.4. The molecular formula is C22H20ClN3O2. The second-order valence-corrected chi connectivity index (χ2v) is 7.56. The van der Waals surface area contributed by atoms with E-state index in [1.165, 1.54) is 6.92 Å². The zero-order chi connectivity index (χ0) is 19.8. The lowest BCUT2D eigenvalue weighted by Crippen LogP contribution is -2.14. The summed E-state index contributed by atoms with van der Waals surface area (Å²) >= 11 is 6.28. The molecule has 3 aromatic rings. The molecule has 2 aromatic carbocycles. The maximum atomic E-state index is 12.9. The number of halogens is 1. The van der Waals surface area contributed by atoms with E-state index in [1.807, 2.05) is 29.8 Å². The number of nitrogens with zero attached hydrogens (tertiary/aromatic N) is 2. The van der Waals surface area contributed by atoms with E-state index in [1.54, 1.807) is 30.5 Å². The zero-order valence-corrected chi connectivity index (χ0v) is 16.5. The summed E-state index contributed by atoms with van der Waals surface area (Å²) in [5, 5.41) is 8.03. The fourth-order valence-corrected chi connectivity index (χ4v) is 3.39. The Morgan fingerprint density at radius 3 is 2.64 bits per heavy atom. The number of ketones is 1. The molecule has 1 fully saturated rings. The first kappa shape index (κ1) is 18.4. The fourth-order valence-electron chi connectivity index (χ4n) is 3.22. The minimum atomic E-state index is -0.230. The summed E-state index contributed by atoms with van der Waals surface area (Å²) in [6.45, 7) is 3.45. The molecule has 0 unspecified atom stereocenters. The first-order valence-electron chi connectivity index (χ1n) is 9.21. The van der Waals surface area contributed by atoms with E-state index in [0.717, 1.165) is 29.8 Å². The third kappa shape index (κ3) is 3.58. The predicted octanol–water partition coefficient (Wildman–Crippen LogP) is 5.17. The highest BCUT2D eigenvalue weighted by Gasteiger charge is 2.33. The van der Waals surface area contributed by atoms with Gasteiger partial charge in [0.2, 0.25) is 0 Å². The van der Waals surface area contributed by atoms with Crippen molar-refractivity contribution < 1.29 is 9.59 Å². The molecule has 0 saturated heterocycles. The van der Waals surface area contributed by atoms with Crippen LogP contribution < -0.4 is 5.32 Å². The van der Waals surface area contributed by atoms with Crippen LogP contribution in [0.25, 0.3) is 5.69 Å². The van der Waals surface area contributed by atoms with Gasteiger partial charge in [-0.05, 0) is 56.5 Å². The van der Waals surface area contributed by atoms with Crippen LogP contribution in [0, 0.1) is 6.92 Å². The average Bonchev–Trinajstić information content (AvgIpc) is 3.42. The molecule has 0 atom stereocenters. The molecule has 1 aliphatic carbocycles. The van der Waals surface area contributed by atoms with Crippen molar-refractivity contribution in [2.24, 2.45) is 0 Å². The van der Waals surface area contributed by atoms with Gasteiger partial charge in [0.1, 0.15) is 0 Å². The van der Waals surface area contributed by atoms with Crippen LogP contribution in [0.3, 0.4) is 0 Å². The number of aryl methyl sites for hydroxylation is 1. The van der Waals surface area contributed by atoms with Gasteiger partial charge in [-0.15, -0.1) is 0 Å². The van der Waals surface area contributed by atoms with Crippen molar-refractivity contribution in [1.82, 2.24) is 9.78 Å². The van der Waals surface area contributed by atoms with E-state index in [4.69, 9.17) is 11.6 Å². The molecular weight excluding hydrogens is 374 g/mol. The number of carbonyl (C=O) groups excluding carboxylic acids is 2. The van der Waals surface area contributed by atoms with Gasteiger partial charge in [-0.25, -0.2) is 4.68 Å². The van der Waals surface area contributed by atoms with Crippen molar-refractivity contribution in [2.75, 3.05) is 5.32 Å². The second-order valence-electron chi connectivity index (χ2n) is 7.15. The summed E-state index contributed by atoms with van der Waals surface area (Å²) in [5.74, 6) is 0.0396. The molecule has 28 heavy (non-hydrogen) atoms. The summed E-state index contributed by atoms with van der Waals surface area (Å²) in [4.78, 5) is 24.5. The van der Waals surface area contributed by atoms with Crippen molar-refractivity contribution in [1.29, 1.82) is 0 Å². The highest BCUT2D eigenvalue weighted by molar-refractivity contribution is 6.31. The van der Waals surface area contributed by atoms with Crippen LogP contribution in [0.15, 0.2) is 48.7 Å². The molecule has 0 spiro atoms. The number of benzene rings is 2. The number of hydrogen-bond acceptors (Lipinski definition) is 3. The molecule has 0 radical (unpaired) electrons. The van der Waals surface area contributed by atoms with E-state index >= 15 is 0 Å². The van der Waals surface area contributed by atoms with Gasteiger partial charge < -0.3 is 5.32 Å². The van der Waals surface area contributed by atoms with Crippen LogP contribution in [-0.2, 0) is 0 Å². The quantitative estimate of drug-likeness (QED) is 0.608. The topological polar surface area (TPSA) is 64.0 Å². The SMILES string of the molecule is CC(=O)c1cccc(NC(=O)c2cnn(-c3ccc(C)c(Cl)c3)c2C2CC2)c1. The number of carbonyl (C=O) groups is 2. The second kappa shape index (κ2) is 7.24. The standard InChI is InChI=1S/C22H20ClN3O2/c1-13-6-9-18(11-20(13)23)26-21(15-7-8-15)19(12-24-26)22(28)25-17-5-3-4-16(10-17)14(2)27/h3-6,9-12,15H,7-8H2,1-2H3,(H,25,28). The number of Topliss-reactive ketones (excluding diaryl/α,β-unsaturated/α-hetero) is 1. The summed E-state index contributed by atoms with van der Waals surface area (Å²) in [5.41, 5.74) is 4.44. The minimum absolute atomic E-state index is 0.0427. The summed E-state index contributed by atoms with van der Waals surface area (Å²) < 4.78 is 1.81. The fraction of sp³-hybridized carbons (Fsp3) is 0.227. The molecule has 6 heteroatoms. The number of nitrogens with one attached hydrogen (secondary N) is 1.